The van der Waals surface area contributed by atoms with Gasteiger partial charge < -0.3 is 47.4 Å². The lowest BCUT2D eigenvalue weighted by Gasteiger charge is -2.44. The van der Waals surface area contributed by atoms with Gasteiger partial charge in [0.15, 0.2) is 41.6 Å². The maximum absolute atomic E-state index is 12.1. The van der Waals surface area contributed by atoms with E-state index in [9.17, 15) is 19.2 Å². The van der Waals surface area contributed by atoms with Crippen LogP contribution in [0.3, 0.4) is 0 Å². The Bertz CT molecular complexity index is 1040. The highest BCUT2D eigenvalue weighted by Crippen LogP contribution is 2.46. The van der Waals surface area contributed by atoms with Gasteiger partial charge >= 0.3 is 23.9 Å². The van der Waals surface area contributed by atoms with Crippen molar-refractivity contribution in [3.8, 4) is 0 Å². The minimum Gasteiger partial charge on any atom is -0.463 e. The Kier molecular flexibility index (Phi) is 10.4. The maximum Gasteiger partial charge on any atom is 0.303 e. The zero-order valence-electron chi connectivity index (χ0n) is 24.7. The summed E-state index contributed by atoms with van der Waals surface area (Å²) in [7, 11) is 2.52. The number of hydrogen-bond donors (Lipinski definition) is 0. The lowest BCUT2D eigenvalue weighted by Crippen LogP contribution is -2.61. The zero-order chi connectivity index (χ0) is 31.0. The summed E-state index contributed by atoms with van der Waals surface area (Å²) >= 11 is 0. The van der Waals surface area contributed by atoms with E-state index in [-0.39, 0.29) is 6.61 Å². The molecule has 0 aromatic carbocycles. The second-order valence-electron chi connectivity index (χ2n) is 11.2. The molecule has 10 atom stereocenters. The third kappa shape index (κ3) is 8.08. The predicted octanol–water partition coefficient (Wildman–Crippen LogP) is 1.85. The fourth-order valence-corrected chi connectivity index (χ4v) is 7.90. The minimum absolute atomic E-state index is 0.300. The summed E-state index contributed by atoms with van der Waals surface area (Å²) in [5, 5.41) is 0. The number of fused-ring (bicyclic) bond motifs is 3. The average molecular weight is 639 g/mol. The van der Waals surface area contributed by atoms with E-state index in [0.717, 1.165) is 0 Å². The standard InChI is InChI=1S/C26H38O14S2/c1-11(27)31-9-15-17(32-12(2)28)19(33-13(3)29)22(34-14(4)30)24(36-15)42-41-10-16-18-20(38-25(5,6)37-18)21-23(35-16)40-26(7,8)39-21/h15-24H,9-10H2,1-8H3/t15-,16-,17+,18+,19+,20+,21-,22-,23-,24+/m1/s1. The molecule has 0 N–H and O–H groups in total. The molecule has 0 amide bonds. The molecule has 4 saturated heterocycles. The second-order valence-corrected chi connectivity index (χ2v) is 13.7. The first-order chi connectivity index (χ1) is 19.5. The van der Waals surface area contributed by atoms with Crippen LogP contribution in [0.15, 0.2) is 0 Å². The number of esters is 4. The summed E-state index contributed by atoms with van der Waals surface area (Å²) in [5.74, 6) is -4.00. The highest BCUT2D eigenvalue weighted by atomic mass is 33.1. The van der Waals surface area contributed by atoms with E-state index in [1.807, 2.05) is 13.8 Å². The molecule has 0 saturated carbocycles. The minimum atomic E-state index is -1.24. The topological polar surface area (TPSA) is 161 Å². The van der Waals surface area contributed by atoms with Gasteiger partial charge in [-0.3, -0.25) is 19.2 Å². The Morgan fingerprint density at radius 3 is 1.81 bits per heavy atom. The largest absolute Gasteiger partial charge is 0.463 e. The Balaban J connectivity index is 1.52. The zero-order valence-corrected chi connectivity index (χ0v) is 26.4. The van der Waals surface area contributed by atoms with Gasteiger partial charge in [-0.15, -0.1) is 0 Å². The van der Waals surface area contributed by atoms with E-state index in [1.165, 1.54) is 49.3 Å². The molecule has 0 spiro atoms. The first-order valence-corrected chi connectivity index (χ1v) is 15.9. The molecule has 16 heteroatoms. The Morgan fingerprint density at radius 2 is 1.19 bits per heavy atom. The van der Waals surface area contributed by atoms with Gasteiger partial charge in [0.05, 0.1) is 6.10 Å². The van der Waals surface area contributed by atoms with Crippen molar-refractivity contribution in [3.05, 3.63) is 0 Å². The molecule has 4 aliphatic heterocycles. The van der Waals surface area contributed by atoms with Crippen LogP contribution in [0, 0.1) is 0 Å². The SMILES string of the molecule is CC(=O)OC[C@H]1O[C@@H](SSC[C@H]2O[C@@H]3OC(C)(C)O[C@@H]3[C@H]3OC(C)(C)O[C@H]32)[C@H](OC(C)=O)[C@@H](OC(C)=O)[C@H]1OC(C)=O. The molecular formula is C26H38O14S2. The molecule has 4 heterocycles. The van der Waals surface area contributed by atoms with E-state index in [1.54, 1.807) is 13.8 Å². The average Bonchev–Trinajstić information content (AvgIpc) is 3.34. The van der Waals surface area contributed by atoms with Gasteiger partial charge in [-0.2, -0.15) is 0 Å². The van der Waals surface area contributed by atoms with Crippen molar-refractivity contribution in [2.24, 2.45) is 0 Å². The van der Waals surface area contributed by atoms with Crippen molar-refractivity contribution in [1.82, 2.24) is 0 Å². The molecule has 4 fully saturated rings. The second kappa shape index (κ2) is 13.1. The third-order valence-corrected chi connectivity index (χ3v) is 9.15. The molecule has 0 aromatic rings. The molecule has 238 valence electrons. The van der Waals surface area contributed by atoms with Crippen LogP contribution in [0.25, 0.3) is 0 Å². The molecule has 0 unspecified atom stereocenters. The van der Waals surface area contributed by atoms with Crippen molar-refractivity contribution in [2.45, 2.75) is 128 Å². The van der Waals surface area contributed by atoms with Gasteiger partial charge in [-0.25, -0.2) is 0 Å². The van der Waals surface area contributed by atoms with Crippen molar-refractivity contribution >= 4 is 45.5 Å². The van der Waals surface area contributed by atoms with E-state index in [0.29, 0.717) is 5.75 Å². The summed E-state index contributed by atoms with van der Waals surface area (Å²) in [6.45, 7) is 11.7. The number of hydrogen-bond acceptors (Lipinski definition) is 16. The van der Waals surface area contributed by atoms with Crippen molar-refractivity contribution in [2.75, 3.05) is 12.4 Å². The highest BCUT2D eigenvalue weighted by Gasteiger charge is 2.61. The monoisotopic (exact) mass is 638 g/mol. The van der Waals surface area contributed by atoms with Gasteiger partial charge in [-0.1, -0.05) is 21.6 Å². The molecule has 4 aliphatic rings. The molecule has 0 aliphatic carbocycles. The Labute approximate surface area is 251 Å². The molecular weight excluding hydrogens is 600 g/mol. The quantitative estimate of drug-likeness (QED) is 0.204. The number of ether oxygens (including phenoxy) is 10. The fourth-order valence-electron chi connectivity index (χ4n) is 5.27. The number of rotatable bonds is 9. The number of carbonyl (C=O) groups is 4. The van der Waals surface area contributed by atoms with Crippen molar-refractivity contribution < 1.29 is 66.5 Å². The maximum atomic E-state index is 12.1. The van der Waals surface area contributed by atoms with Gasteiger partial charge in [0.1, 0.15) is 31.0 Å². The van der Waals surface area contributed by atoms with Crippen molar-refractivity contribution in [3.63, 3.8) is 0 Å². The summed E-state index contributed by atoms with van der Waals surface area (Å²) in [4.78, 5) is 47.7. The summed E-state index contributed by atoms with van der Waals surface area (Å²) < 4.78 is 58.4. The lowest BCUT2D eigenvalue weighted by atomic mass is 9.99. The molecule has 4 rings (SSSR count). The first kappa shape index (κ1) is 33.2. The summed E-state index contributed by atoms with van der Waals surface area (Å²) in [6, 6.07) is 0. The molecule has 42 heavy (non-hydrogen) atoms. The van der Waals surface area contributed by atoms with Gasteiger partial charge in [0.25, 0.3) is 0 Å². The number of carbonyl (C=O) groups excluding carboxylic acids is 4. The molecule has 0 aromatic heterocycles. The normalized spacial score (nSPS) is 38.1. The first-order valence-electron chi connectivity index (χ1n) is 13.5. The molecule has 14 nitrogen and oxygen atoms in total. The summed E-state index contributed by atoms with van der Waals surface area (Å²) in [6.07, 6.45) is -7.14. The highest BCUT2D eigenvalue weighted by molar-refractivity contribution is 8.76. The van der Waals surface area contributed by atoms with Crippen LogP contribution in [-0.4, -0.2) is 108 Å². The van der Waals surface area contributed by atoms with Crippen LogP contribution in [0.5, 0.6) is 0 Å². The summed E-state index contributed by atoms with van der Waals surface area (Å²) in [5.41, 5.74) is -0.926. The molecule has 0 radical (unpaired) electrons. The van der Waals surface area contributed by atoms with Gasteiger partial charge in [0, 0.05) is 33.4 Å². The van der Waals surface area contributed by atoms with Crippen LogP contribution >= 0.6 is 21.6 Å². The van der Waals surface area contributed by atoms with E-state index < -0.39 is 96.0 Å². The van der Waals surface area contributed by atoms with Gasteiger partial charge in [0.2, 0.25) is 0 Å². The van der Waals surface area contributed by atoms with Crippen LogP contribution < -0.4 is 0 Å². The van der Waals surface area contributed by atoms with E-state index >= 15 is 0 Å². The van der Waals surface area contributed by atoms with Gasteiger partial charge in [-0.05, 0) is 27.7 Å². The van der Waals surface area contributed by atoms with Crippen molar-refractivity contribution in [1.29, 1.82) is 0 Å². The van der Waals surface area contributed by atoms with E-state index in [4.69, 9.17) is 47.4 Å². The van der Waals surface area contributed by atoms with E-state index in [2.05, 4.69) is 0 Å². The Hall–Kier alpha value is -1.66. The van der Waals surface area contributed by atoms with Crippen LogP contribution in [0.1, 0.15) is 55.4 Å². The molecule has 0 bridgehead atoms. The Morgan fingerprint density at radius 1 is 0.643 bits per heavy atom. The van der Waals surface area contributed by atoms with Crippen LogP contribution in [0.4, 0.5) is 0 Å². The van der Waals surface area contributed by atoms with Crippen LogP contribution in [-0.2, 0) is 66.5 Å². The third-order valence-electron chi connectivity index (χ3n) is 6.59. The fraction of sp³-hybridized carbons (Fsp3) is 0.846. The predicted molar refractivity (Wildman–Crippen MR) is 145 cm³/mol. The van der Waals surface area contributed by atoms with Crippen LogP contribution in [0.2, 0.25) is 0 Å². The lowest BCUT2D eigenvalue weighted by molar-refractivity contribution is -0.237. The smallest absolute Gasteiger partial charge is 0.303 e.